The van der Waals surface area contributed by atoms with Gasteiger partial charge in [-0.25, -0.2) is 0 Å². The Morgan fingerprint density at radius 1 is 0.556 bits per heavy atom. The number of hydrogen-bond donors (Lipinski definition) is 0. The van der Waals surface area contributed by atoms with Crippen molar-refractivity contribution in [1.82, 2.24) is 0 Å². The highest BCUT2D eigenvalue weighted by atomic mass is 14.3. The first kappa shape index (κ1) is 19.4. The molecule has 3 aromatic rings. The van der Waals surface area contributed by atoms with E-state index >= 15 is 0 Å². The molecule has 0 spiro atoms. The molecule has 3 aromatic carbocycles. The molecule has 0 aliphatic carbocycles. The van der Waals surface area contributed by atoms with Gasteiger partial charge in [-0.05, 0) is 65.8 Å². The fraction of sp³-hybridized carbons (Fsp3) is 0.333. The second-order valence-electron chi connectivity index (χ2n) is 8.12. The highest BCUT2D eigenvalue weighted by Crippen LogP contribution is 2.31. The van der Waals surface area contributed by atoms with Gasteiger partial charge in [-0.1, -0.05) is 99.1 Å². The normalized spacial score (nSPS) is 11.6. The maximum absolute atomic E-state index is 2.37. The molecule has 0 aliphatic rings. The predicted molar refractivity (Wildman–Crippen MR) is 118 cm³/mol. The van der Waals surface area contributed by atoms with Gasteiger partial charge in [0.15, 0.2) is 0 Å². The largest absolute Gasteiger partial charge is 0.0645 e. The molecule has 0 radical (unpaired) electrons. The minimum absolute atomic E-state index is 0.302. The Bertz CT molecular complexity index is 832. The van der Waals surface area contributed by atoms with Crippen LogP contribution in [0.2, 0.25) is 0 Å². The molecule has 0 heterocycles. The van der Waals surface area contributed by atoms with Crippen molar-refractivity contribution in [2.75, 3.05) is 0 Å². The molecule has 3 rings (SSSR count). The molecule has 0 fully saturated rings. The van der Waals surface area contributed by atoms with Crippen LogP contribution in [0.15, 0.2) is 72.8 Å². The third kappa shape index (κ3) is 4.89. The van der Waals surface area contributed by atoms with Crippen molar-refractivity contribution < 1.29 is 0 Å². The Labute approximate surface area is 165 Å². The molecule has 0 unspecified atom stereocenters. The van der Waals surface area contributed by atoms with E-state index in [1.807, 2.05) is 0 Å². The standard InChI is InChI=1S/C27H32/c1-5-27(4,6-2)26-17-15-25(16-18-26)20-24-13-11-23(12-14-24)19-22-9-7-21(3)8-10-22/h7-18H,5-6,19-20H2,1-4H3. The Morgan fingerprint density at radius 2 is 0.889 bits per heavy atom. The first-order chi connectivity index (χ1) is 13.0. The summed E-state index contributed by atoms with van der Waals surface area (Å²) in [6.45, 7) is 9.08. The first-order valence-electron chi connectivity index (χ1n) is 10.2. The average Bonchev–Trinajstić information content (AvgIpc) is 2.71. The molecule has 0 saturated carbocycles. The van der Waals surface area contributed by atoms with Crippen molar-refractivity contribution in [3.63, 3.8) is 0 Å². The molecule has 0 amide bonds. The third-order valence-electron chi connectivity index (χ3n) is 6.17. The van der Waals surface area contributed by atoms with E-state index in [4.69, 9.17) is 0 Å². The van der Waals surface area contributed by atoms with Crippen molar-refractivity contribution in [2.24, 2.45) is 0 Å². The lowest BCUT2D eigenvalue weighted by molar-refractivity contribution is 0.439. The Kier molecular flexibility index (Phi) is 6.16. The number of rotatable bonds is 7. The summed E-state index contributed by atoms with van der Waals surface area (Å²) in [7, 11) is 0. The molecule has 0 aromatic heterocycles. The first-order valence-corrected chi connectivity index (χ1v) is 10.2. The third-order valence-corrected chi connectivity index (χ3v) is 6.17. The van der Waals surface area contributed by atoms with Crippen LogP contribution in [0.3, 0.4) is 0 Å². The van der Waals surface area contributed by atoms with Crippen LogP contribution in [0.4, 0.5) is 0 Å². The zero-order chi connectivity index (χ0) is 19.3. The Hall–Kier alpha value is -2.34. The van der Waals surface area contributed by atoms with Gasteiger partial charge >= 0.3 is 0 Å². The topological polar surface area (TPSA) is 0 Å². The summed E-state index contributed by atoms with van der Waals surface area (Å²) >= 11 is 0. The van der Waals surface area contributed by atoms with Crippen LogP contribution in [0.25, 0.3) is 0 Å². The molecule has 0 bridgehead atoms. The molecule has 0 N–H and O–H groups in total. The summed E-state index contributed by atoms with van der Waals surface area (Å²) in [5, 5.41) is 0. The van der Waals surface area contributed by atoms with Gasteiger partial charge in [0, 0.05) is 0 Å². The molecular formula is C27H32. The summed E-state index contributed by atoms with van der Waals surface area (Å²) in [4.78, 5) is 0. The van der Waals surface area contributed by atoms with Crippen molar-refractivity contribution in [3.8, 4) is 0 Å². The van der Waals surface area contributed by atoms with Gasteiger partial charge in [0.2, 0.25) is 0 Å². The quantitative estimate of drug-likeness (QED) is 0.418. The van der Waals surface area contributed by atoms with Crippen molar-refractivity contribution in [2.45, 2.75) is 58.8 Å². The van der Waals surface area contributed by atoms with Crippen LogP contribution >= 0.6 is 0 Å². The SMILES string of the molecule is CCC(C)(CC)c1ccc(Cc2ccc(Cc3ccc(C)cc3)cc2)cc1. The highest BCUT2D eigenvalue weighted by molar-refractivity contribution is 5.34. The summed E-state index contributed by atoms with van der Waals surface area (Å²) < 4.78 is 0. The van der Waals surface area contributed by atoms with E-state index in [0.717, 1.165) is 12.8 Å². The van der Waals surface area contributed by atoms with Crippen molar-refractivity contribution in [1.29, 1.82) is 0 Å². The van der Waals surface area contributed by atoms with Gasteiger partial charge in [-0.3, -0.25) is 0 Å². The van der Waals surface area contributed by atoms with Crippen molar-refractivity contribution in [3.05, 3.63) is 106 Å². The number of aryl methyl sites for hydroxylation is 1. The Balaban J connectivity index is 1.65. The minimum Gasteiger partial charge on any atom is -0.0645 e. The van der Waals surface area contributed by atoms with E-state index in [9.17, 15) is 0 Å². The van der Waals surface area contributed by atoms with Gasteiger partial charge in [-0.2, -0.15) is 0 Å². The molecule has 27 heavy (non-hydrogen) atoms. The van der Waals surface area contributed by atoms with E-state index in [1.165, 1.54) is 46.2 Å². The summed E-state index contributed by atoms with van der Waals surface area (Å²) in [5.74, 6) is 0. The lowest BCUT2D eigenvalue weighted by Crippen LogP contribution is -2.19. The van der Waals surface area contributed by atoms with Crippen LogP contribution in [-0.4, -0.2) is 0 Å². The van der Waals surface area contributed by atoms with Crippen LogP contribution < -0.4 is 0 Å². The lowest BCUT2D eigenvalue weighted by Gasteiger charge is -2.27. The van der Waals surface area contributed by atoms with E-state index < -0.39 is 0 Å². The minimum atomic E-state index is 0.302. The summed E-state index contributed by atoms with van der Waals surface area (Å²) in [5.41, 5.74) is 8.60. The second-order valence-corrected chi connectivity index (χ2v) is 8.12. The fourth-order valence-electron chi connectivity index (χ4n) is 3.64. The van der Waals surface area contributed by atoms with E-state index in [-0.39, 0.29) is 0 Å². The second kappa shape index (κ2) is 8.57. The monoisotopic (exact) mass is 356 g/mol. The lowest BCUT2D eigenvalue weighted by atomic mass is 9.77. The summed E-state index contributed by atoms with van der Waals surface area (Å²) in [6, 6.07) is 27.2. The maximum atomic E-state index is 2.37. The fourth-order valence-corrected chi connectivity index (χ4v) is 3.64. The van der Waals surface area contributed by atoms with Crippen LogP contribution in [0.5, 0.6) is 0 Å². The van der Waals surface area contributed by atoms with Gasteiger partial charge in [0.1, 0.15) is 0 Å². The van der Waals surface area contributed by atoms with Crippen LogP contribution in [0.1, 0.15) is 67.0 Å². The van der Waals surface area contributed by atoms with Gasteiger partial charge in [-0.15, -0.1) is 0 Å². The molecule has 0 atom stereocenters. The molecule has 0 aliphatic heterocycles. The maximum Gasteiger partial charge on any atom is -0.00258 e. The zero-order valence-corrected chi connectivity index (χ0v) is 17.3. The highest BCUT2D eigenvalue weighted by Gasteiger charge is 2.21. The predicted octanol–water partition coefficient (Wildman–Crippen LogP) is 7.25. The smallest absolute Gasteiger partial charge is 0.00258 e. The number of benzene rings is 3. The molecule has 140 valence electrons. The van der Waals surface area contributed by atoms with Gasteiger partial charge < -0.3 is 0 Å². The molecule has 0 nitrogen and oxygen atoms in total. The zero-order valence-electron chi connectivity index (χ0n) is 17.3. The van der Waals surface area contributed by atoms with Crippen LogP contribution in [-0.2, 0) is 18.3 Å². The Morgan fingerprint density at radius 3 is 1.26 bits per heavy atom. The van der Waals surface area contributed by atoms with Gasteiger partial charge in [0.05, 0.1) is 0 Å². The van der Waals surface area contributed by atoms with E-state index in [1.54, 1.807) is 0 Å². The summed E-state index contributed by atoms with van der Waals surface area (Å²) in [6.07, 6.45) is 4.37. The average molecular weight is 357 g/mol. The van der Waals surface area contributed by atoms with E-state index in [2.05, 4.69) is 100 Å². The molecular weight excluding hydrogens is 324 g/mol. The van der Waals surface area contributed by atoms with Gasteiger partial charge in [0.25, 0.3) is 0 Å². The van der Waals surface area contributed by atoms with Crippen LogP contribution in [0, 0.1) is 6.92 Å². The van der Waals surface area contributed by atoms with E-state index in [0.29, 0.717) is 5.41 Å². The molecule has 0 heteroatoms. The molecule has 0 saturated heterocycles. The number of hydrogen-bond acceptors (Lipinski definition) is 0. The van der Waals surface area contributed by atoms with Crippen molar-refractivity contribution >= 4 is 0 Å².